The third-order valence-corrected chi connectivity index (χ3v) is 2.78. The number of nitrogens with zero attached hydrogens (tertiary/aromatic N) is 3. The lowest BCUT2D eigenvalue weighted by molar-refractivity contribution is 0.0440. The number of likely N-dealkylation sites (tertiary alicyclic amines) is 1. The summed E-state index contributed by atoms with van der Waals surface area (Å²) in [5.41, 5.74) is 0.283. The zero-order chi connectivity index (χ0) is 10.2. The summed E-state index contributed by atoms with van der Waals surface area (Å²) in [4.78, 5) is 11.0. The van der Waals surface area contributed by atoms with Crippen LogP contribution in [0.3, 0.4) is 0 Å². The van der Waals surface area contributed by atoms with Gasteiger partial charge in [-0.3, -0.25) is 4.90 Å². The lowest BCUT2D eigenvalue weighted by Gasteiger charge is -2.47. The molecule has 14 heavy (non-hydrogen) atoms. The van der Waals surface area contributed by atoms with Gasteiger partial charge < -0.3 is 0 Å². The van der Waals surface area contributed by atoms with E-state index in [9.17, 15) is 0 Å². The third kappa shape index (κ3) is 1.77. The van der Waals surface area contributed by atoms with Crippen molar-refractivity contribution in [2.75, 3.05) is 13.1 Å². The molecule has 3 heteroatoms. The summed E-state index contributed by atoms with van der Waals surface area (Å²) in [6.07, 6.45) is 3.64. The van der Waals surface area contributed by atoms with E-state index in [1.54, 1.807) is 0 Å². The van der Waals surface area contributed by atoms with Gasteiger partial charge in [0.05, 0.1) is 0 Å². The van der Waals surface area contributed by atoms with Crippen LogP contribution in [0.5, 0.6) is 0 Å². The first-order chi connectivity index (χ1) is 6.57. The van der Waals surface area contributed by atoms with E-state index in [0.717, 1.165) is 18.9 Å². The lowest BCUT2D eigenvalue weighted by atomic mass is 9.92. The van der Waals surface area contributed by atoms with Crippen LogP contribution in [-0.2, 0) is 0 Å². The van der Waals surface area contributed by atoms with Gasteiger partial charge in [-0.15, -0.1) is 0 Å². The Morgan fingerprint density at radius 3 is 2.29 bits per heavy atom. The Balaban J connectivity index is 1.96. The molecule has 0 unspecified atom stereocenters. The molecule has 2 rings (SSSR count). The summed E-state index contributed by atoms with van der Waals surface area (Å²) in [5.74, 6) is 1.53. The molecule has 1 aliphatic heterocycles. The van der Waals surface area contributed by atoms with Crippen LogP contribution in [0.25, 0.3) is 0 Å². The Bertz CT molecular complexity index is 296. The molecule has 76 valence electrons. The predicted octanol–water partition coefficient (Wildman–Crippen LogP) is 1.67. The molecule has 1 aromatic heterocycles. The highest BCUT2D eigenvalue weighted by molar-refractivity contribution is 5.06. The van der Waals surface area contributed by atoms with Crippen LogP contribution < -0.4 is 0 Å². The average molecular weight is 191 g/mol. The summed E-state index contributed by atoms with van der Waals surface area (Å²) in [5, 5.41) is 0. The molecule has 0 aliphatic carbocycles. The smallest absolute Gasteiger partial charge is 0.133 e. The first-order valence-electron chi connectivity index (χ1n) is 5.09. The van der Waals surface area contributed by atoms with Crippen molar-refractivity contribution in [1.29, 1.82) is 0 Å². The topological polar surface area (TPSA) is 29.0 Å². The second-order valence-electron chi connectivity index (χ2n) is 4.88. The first kappa shape index (κ1) is 9.59. The van der Waals surface area contributed by atoms with E-state index >= 15 is 0 Å². The van der Waals surface area contributed by atoms with Crippen molar-refractivity contribution < 1.29 is 0 Å². The SMILES string of the molecule is CC(C)(C)N1CC(c2ncccn2)C1. The van der Waals surface area contributed by atoms with E-state index in [0.29, 0.717) is 5.92 Å². The molecular formula is C11H17N3. The molecule has 0 saturated carbocycles. The molecule has 0 atom stereocenters. The minimum atomic E-state index is 0.283. The fraction of sp³-hybridized carbons (Fsp3) is 0.636. The van der Waals surface area contributed by atoms with Crippen molar-refractivity contribution in [2.45, 2.75) is 32.2 Å². The summed E-state index contributed by atoms with van der Waals surface area (Å²) in [7, 11) is 0. The number of hydrogen-bond donors (Lipinski definition) is 0. The highest BCUT2D eigenvalue weighted by Gasteiger charge is 2.36. The average Bonchev–Trinajstić information content (AvgIpc) is 2.00. The number of hydrogen-bond acceptors (Lipinski definition) is 3. The Morgan fingerprint density at radius 1 is 1.21 bits per heavy atom. The van der Waals surface area contributed by atoms with Gasteiger partial charge >= 0.3 is 0 Å². The Labute approximate surface area is 85.2 Å². The van der Waals surface area contributed by atoms with Gasteiger partial charge in [0.15, 0.2) is 0 Å². The zero-order valence-electron chi connectivity index (χ0n) is 9.07. The summed E-state index contributed by atoms with van der Waals surface area (Å²) < 4.78 is 0. The van der Waals surface area contributed by atoms with Crippen molar-refractivity contribution in [3.8, 4) is 0 Å². The maximum atomic E-state index is 4.28. The second kappa shape index (κ2) is 3.31. The van der Waals surface area contributed by atoms with Gasteiger partial charge in [-0.05, 0) is 26.8 Å². The van der Waals surface area contributed by atoms with Crippen LogP contribution >= 0.6 is 0 Å². The molecule has 3 nitrogen and oxygen atoms in total. The van der Waals surface area contributed by atoms with E-state index < -0.39 is 0 Å². The Morgan fingerprint density at radius 2 is 1.79 bits per heavy atom. The molecule has 1 aliphatic rings. The van der Waals surface area contributed by atoms with Crippen molar-refractivity contribution in [1.82, 2.24) is 14.9 Å². The summed E-state index contributed by atoms with van der Waals surface area (Å²) in [6, 6.07) is 1.86. The van der Waals surface area contributed by atoms with Crippen molar-refractivity contribution in [3.63, 3.8) is 0 Å². The Hall–Kier alpha value is -0.960. The summed E-state index contributed by atoms with van der Waals surface area (Å²) >= 11 is 0. The normalized spacial score (nSPS) is 19.4. The molecule has 0 N–H and O–H groups in total. The lowest BCUT2D eigenvalue weighted by Crippen LogP contribution is -2.54. The molecule has 0 aromatic carbocycles. The van der Waals surface area contributed by atoms with E-state index in [4.69, 9.17) is 0 Å². The molecular weight excluding hydrogens is 174 g/mol. The first-order valence-corrected chi connectivity index (χ1v) is 5.09. The summed E-state index contributed by atoms with van der Waals surface area (Å²) in [6.45, 7) is 8.92. The second-order valence-corrected chi connectivity index (χ2v) is 4.88. The van der Waals surface area contributed by atoms with E-state index in [1.807, 2.05) is 18.5 Å². The van der Waals surface area contributed by atoms with Crippen molar-refractivity contribution in [2.24, 2.45) is 0 Å². The number of rotatable bonds is 1. The zero-order valence-corrected chi connectivity index (χ0v) is 9.07. The van der Waals surface area contributed by atoms with E-state index in [2.05, 4.69) is 35.6 Å². The highest BCUT2D eigenvalue weighted by Crippen LogP contribution is 2.30. The van der Waals surface area contributed by atoms with Gasteiger partial charge in [-0.1, -0.05) is 0 Å². The minimum absolute atomic E-state index is 0.283. The van der Waals surface area contributed by atoms with E-state index in [-0.39, 0.29) is 5.54 Å². The van der Waals surface area contributed by atoms with Crippen LogP contribution in [0.2, 0.25) is 0 Å². The van der Waals surface area contributed by atoms with Crippen LogP contribution in [0.15, 0.2) is 18.5 Å². The van der Waals surface area contributed by atoms with Gasteiger partial charge in [-0.25, -0.2) is 9.97 Å². The highest BCUT2D eigenvalue weighted by atomic mass is 15.2. The fourth-order valence-electron chi connectivity index (χ4n) is 1.71. The molecule has 1 saturated heterocycles. The fourth-order valence-corrected chi connectivity index (χ4v) is 1.71. The standard InChI is InChI=1S/C11H17N3/c1-11(2,3)14-7-9(8-14)10-12-5-4-6-13-10/h4-6,9H,7-8H2,1-3H3. The molecule has 1 aromatic rings. The number of aromatic nitrogens is 2. The largest absolute Gasteiger partial charge is 0.297 e. The monoisotopic (exact) mass is 191 g/mol. The molecule has 2 heterocycles. The van der Waals surface area contributed by atoms with Crippen molar-refractivity contribution in [3.05, 3.63) is 24.3 Å². The van der Waals surface area contributed by atoms with Crippen molar-refractivity contribution >= 4 is 0 Å². The van der Waals surface area contributed by atoms with Crippen LogP contribution in [0.1, 0.15) is 32.5 Å². The molecule has 0 radical (unpaired) electrons. The van der Waals surface area contributed by atoms with Gasteiger partial charge in [0, 0.05) is 36.9 Å². The molecule has 0 amide bonds. The molecule has 1 fully saturated rings. The van der Waals surface area contributed by atoms with Gasteiger partial charge in [0.1, 0.15) is 5.82 Å². The van der Waals surface area contributed by atoms with E-state index in [1.165, 1.54) is 0 Å². The molecule has 0 spiro atoms. The Kier molecular flexibility index (Phi) is 2.27. The van der Waals surface area contributed by atoms with Gasteiger partial charge in [0.25, 0.3) is 0 Å². The third-order valence-electron chi connectivity index (χ3n) is 2.78. The van der Waals surface area contributed by atoms with Gasteiger partial charge in [-0.2, -0.15) is 0 Å². The minimum Gasteiger partial charge on any atom is -0.297 e. The maximum absolute atomic E-state index is 4.28. The van der Waals surface area contributed by atoms with Crippen LogP contribution in [0, 0.1) is 0 Å². The quantitative estimate of drug-likeness (QED) is 0.676. The molecule has 0 bridgehead atoms. The predicted molar refractivity (Wildman–Crippen MR) is 56.1 cm³/mol. The van der Waals surface area contributed by atoms with Crippen LogP contribution in [-0.4, -0.2) is 33.5 Å². The maximum Gasteiger partial charge on any atom is 0.133 e. The van der Waals surface area contributed by atoms with Crippen LogP contribution in [0.4, 0.5) is 0 Å². The van der Waals surface area contributed by atoms with Gasteiger partial charge in [0.2, 0.25) is 0 Å².